The van der Waals surface area contributed by atoms with Crippen LogP contribution >= 0.6 is 11.8 Å². The lowest BCUT2D eigenvalue weighted by atomic mass is 10.2. The molecule has 0 fully saturated rings. The number of rotatable bonds is 4. The van der Waals surface area contributed by atoms with Crippen molar-refractivity contribution in [3.8, 4) is 0 Å². The Morgan fingerprint density at radius 1 is 1.31 bits per heavy atom. The van der Waals surface area contributed by atoms with E-state index in [9.17, 15) is 0 Å². The number of hydrogen-bond donors (Lipinski definition) is 2. The van der Waals surface area contributed by atoms with Gasteiger partial charge >= 0.3 is 0 Å². The summed E-state index contributed by atoms with van der Waals surface area (Å²) in [5.74, 6) is 0.707. The van der Waals surface area contributed by atoms with Gasteiger partial charge in [0.25, 0.3) is 0 Å². The Morgan fingerprint density at radius 3 is 2.38 bits per heavy atom. The summed E-state index contributed by atoms with van der Waals surface area (Å²) in [4.78, 5) is 1.12. The van der Waals surface area contributed by atoms with Gasteiger partial charge in [-0.15, -0.1) is 11.8 Å². The van der Waals surface area contributed by atoms with Gasteiger partial charge in [0.1, 0.15) is 0 Å². The quantitative estimate of drug-likeness (QED) is 0.723. The molecule has 3 heteroatoms. The van der Waals surface area contributed by atoms with Crippen LogP contribution in [0.2, 0.25) is 0 Å². The van der Waals surface area contributed by atoms with E-state index in [4.69, 9.17) is 10.2 Å². The summed E-state index contributed by atoms with van der Waals surface area (Å²) in [6, 6.07) is 7.70. The van der Waals surface area contributed by atoms with Gasteiger partial charge in [0, 0.05) is 10.6 Å². The van der Waals surface area contributed by atoms with Crippen molar-refractivity contribution in [3.05, 3.63) is 29.8 Å². The largest absolute Gasteiger partial charge is 0.393 e. The van der Waals surface area contributed by atoms with Crippen molar-refractivity contribution in [1.29, 1.82) is 0 Å². The molecule has 1 rings (SSSR count). The van der Waals surface area contributed by atoms with Gasteiger partial charge in [0.05, 0.1) is 12.7 Å². The Labute approximate surface area is 82.6 Å². The SMILES string of the molecule is CC(O)CSc1ccc(CO)cc1. The highest BCUT2D eigenvalue weighted by atomic mass is 32.2. The van der Waals surface area contributed by atoms with Crippen LogP contribution in [0.25, 0.3) is 0 Å². The fraction of sp³-hybridized carbons (Fsp3) is 0.400. The summed E-state index contributed by atoms with van der Waals surface area (Å²) in [5, 5.41) is 17.9. The van der Waals surface area contributed by atoms with Crippen LogP contribution < -0.4 is 0 Å². The van der Waals surface area contributed by atoms with E-state index in [1.54, 1.807) is 18.7 Å². The molecule has 1 atom stereocenters. The Hall–Kier alpha value is -0.510. The molecule has 0 radical (unpaired) electrons. The van der Waals surface area contributed by atoms with Crippen LogP contribution in [0.1, 0.15) is 12.5 Å². The number of benzene rings is 1. The Kier molecular flexibility index (Phi) is 4.28. The third kappa shape index (κ3) is 3.81. The van der Waals surface area contributed by atoms with Gasteiger partial charge in [-0.1, -0.05) is 12.1 Å². The van der Waals surface area contributed by atoms with Crippen molar-refractivity contribution in [3.63, 3.8) is 0 Å². The molecule has 1 aromatic rings. The van der Waals surface area contributed by atoms with E-state index in [0.29, 0.717) is 5.75 Å². The maximum Gasteiger partial charge on any atom is 0.0681 e. The molecule has 0 bridgehead atoms. The minimum absolute atomic E-state index is 0.0847. The average Bonchev–Trinajstić information content (AvgIpc) is 2.15. The zero-order valence-electron chi connectivity index (χ0n) is 7.60. The topological polar surface area (TPSA) is 40.5 Å². The molecule has 13 heavy (non-hydrogen) atoms. The molecule has 1 aromatic carbocycles. The van der Waals surface area contributed by atoms with E-state index < -0.39 is 0 Å². The van der Waals surface area contributed by atoms with Gasteiger partial charge in [-0.05, 0) is 24.6 Å². The van der Waals surface area contributed by atoms with Crippen molar-refractivity contribution in [1.82, 2.24) is 0 Å². The zero-order valence-corrected chi connectivity index (χ0v) is 8.42. The molecule has 0 saturated heterocycles. The van der Waals surface area contributed by atoms with Gasteiger partial charge in [-0.2, -0.15) is 0 Å². The smallest absolute Gasteiger partial charge is 0.0681 e. The summed E-state index contributed by atoms with van der Waals surface area (Å²) in [5.41, 5.74) is 0.918. The summed E-state index contributed by atoms with van der Waals surface area (Å²) >= 11 is 1.62. The maximum absolute atomic E-state index is 9.05. The molecule has 0 spiro atoms. The predicted octanol–water partition coefficient (Wildman–Crippen LogP) is 1.65. The van der Waals surface area contributed by atoms with Crippen molar-refractivity contribution in [2.45, 2.75) is 24.5 Å². The van der Waals surface area contributed by atoms with Gasteiger partial charge in [-0.25, -0.2) is 0 Å². The monoisotopic (exact) mass is 198 g/mol. The molecule has 1 unspecified atom stereocenters. The maximum atomic E-state index is 9.05. The number of thioether (sulfide) groups is 1. The zero-order chi connectivity index (χ0) is 9.68. The van der Waals surface area contributed by atoms with Crippen molar-refractivity contribution in [2.24, 2.45) is 0 Å². The molecule has 72 valence electrons. The predicted molar refractivity (Wildman–Crippen MR) is 54.8 cm³/mol. The Bertz CT molecular complexity index is 244. The van der Waals surface area contributed by atoms with Gasteiger partial charge in [0.15, 0.2) is 0 Å². The third-order valence-electron chi connectivity index (χ3n) is 1.60. The number of aliphatic hydroxyl groups excluding tert-OH is 2. The summed E-state index contributed by atoms with van der Waals surface area (Å²) in [6.45, 7) is 1.86. The van der Waals surface area contributed by atoms with Crippen LogP contribution in [-0.2, 0) is 6.61 Å². The highest BCUT2D eigenvalue weighted by molar-refractivity contribution is 7.99. The van der Waals surface area contributed by atoms with Gasteiger partial charge in [-0.3, -0.25) is 0 Å². The molecule has 0 aliphatic carbocycles. The molecule has 0 saturated carbocycles. The van der Waals surface area contributed by atoms with Crippen LogP contribution in [0.5, 0.6) is 0 Å². The second kappa shape index (κ2) is 5.27. The highest BCUT2D eigenvalue weighted by Gasteiger charge is 1.98. The average molecular weight is 198 g/mol. The van der Waals surface area contributed by atoms with E-state index in [2.05, 4.69) is 0 Å². The van der Waals surface area contributed by atoms with E-state index >= 15 is 0 Å². The molecule has 0 aliphatic rings. The fourth-order valence-corrected chi connectivity index (χ4v) is 1.67. The second-order valence-electron chi connectivity index (χ2n) is 2.96. The van der Waals surface area contributed by atoms with E-state index in [-0.39, 0.29) is 12.7 Å². The van der Waals surface area contributed by atoms with E-state index in [1.807, 2.05) is 24.3 Å². The van der Waals surface area contributed by atoms with Gasteiger partial charge in [0.2, 0.25) is 0 Å². The lowest BCUT2D eigenvalue weighted by Crippen LogP contribution is -2.02. The van der Waals surface area contributed by atoms with Crippen molar-refractivity contribution in [2.75, 3.05) is 5.75 Å². The fourth-order valence-electron chi connectivity index (χ4n) is 0.908. The first-order valence-electron chi connectivity index (χ1n) is 4.23. The summed E-state index contributed by atoms with van der Waals surface area (Å²) in [7, 11) is 0. The van der Waals surface area contributed by atoms with Gasteiger partial charge < -0.3 is 10.2 Å². The third-order valence-corrected chi connectivity index (χ3v) is 2.85. The van der Waals surface area contributed by atoms with Crippen molar-refractivity contribution < 1.29 is 10.2 Å². The minimum atomic E-state index is -0.275. The molecule has 2 N–H and O–H groups in total. The van der Waals surface area contributed by atoms with Crippen LogP contribution in [0, 0.1) is 0 Å². The van der Waals surface area contributed by atoms with Crippen LogP contribution in [0.4, 0.5) is 0 Å². The number of aliphatic hydroxyl groups is 2. The molecule has 2 nitrogen and oxygen atoms in total. The molecule has 0 heterocycles. The molecule has 0 aliphatic heterocycles. The first kappa shape index (κ1) is 10.6. The normalized spacial score (nSPS) is 12.8. The second-order valence-corrected chi connectivity index (χ2v) is 4.06. The van der Waals surface area contributed by atoms with Crippen LogP contribution in [0.15, 0.2) is 29.2 Å². The highest BCUT2D eigenvalue weighted by Crippen LogP contribution is 2.19. The van der Waals surface area contributed by atoms with Crippen molar-refractivity contribution >= 4 is 11.8 Å². The molecular formula is C10H14O2S. The molecule has 0 aromatic heterocycles. The number of hydrogen-bond acceptors (Lipinski definition) is 3. The lowest BCUT2D eigenvalue weighted by Gasteiger charge is -2.04. The first-order valence-corrected chi connectivity index (χ1v) is 5.21. The lowest BCUT2D eigenvalue weighted by molar-refractivity contribution is 0.220. The first-order chi connectivity index (χ1) is 6.22. The standard InChI is InChI=1S/C10H14O2S/c1-8(12)7-13-10-4-2-9(6-11)3-5-10/h2-5,8,11-12H,6-7H2,1H3. The van der Waals surface area contributed by atoms with Crippen LogP contribution in [-0.4, -0.2) is 22.1 Å². The molecular weight excluding hydrogens is 184 g/mol. The Balaban J connectivity index is 2.49. The van der Waals surface area contributed by atoms with E-state index in [1.165, 1.54) is 0 Å². The van der Waals surface area contributed by atoms with Crippen LogP contribution in [0.3, 0.4) is 0 Å². The summed E-state index contributed by atoms with van der Waals surface area (Å²) in [6.07, 6.45) is -0.275. The minimum Gasteiger partial charge on any atom is -0.393 e. The Morgan fingerprint density at radius 2 is 1.92 bits per heavy atom. The molecule has 0 amide bonds. The van der Waals surface area contributed by atoms with E-state index in [0.717, 1.165) is 10.5 Å². The summed E-state index contributed by atoms with van der Waals surface area (Å²) < 4.78 is 0.